The lowest BCUT2D eigenvalue weighted by molar-refractivity contribution is -0.141. The number of hydrogen-bond acceptors (Lipinski definition) is 2. The van der Waals surface area contributed by atoms with E-state index in [2.05, 4.69) is 4.74 Å². The van der Waals surface area contributed by atoms with Gasteiger partial charge in [-0.25, -0.2) is 4.79 Å². The van der Waals surface area contributed by atoms with Gasteiger partial charge in [0, 0.05) is 5.88 Å². The van der Waals surface area contributed by atoms with Gasteiger partial charge in [-0.3, -0.25) is 0 Å². The summed E-state index contributed by atoms with van der Waals surface area (Å²) in [7, 11) is 0. The molecule has 0 amide bonds. The summed E-state index contributed by atoms with van der Waals surface area (Å²) in [6.07, 6.45) is 1.57. The van der Waals surface area contributed by atoms with E-state index in [0.29, 0.717) is 12.5 Å². The van der Waals surface area contributed by atoms with Gasteiger partial charge < -0.3 is 4.74 Å². The van der Waals surface area contributed by atoms with Gasteiger partial charge in [-0.05, 0) is 12.8 Å². The van der Waals surface area contributed by atoms with E-state index in [1.54, 1.807) is 0 Å². The van der Waals surface area contributed by atoms with Gasteiger partial charge in [0.25, 0.3) is 0 Å². The Morgan fingerprint density at radius 2 is 2.00 bits per heavy atom. The van der Waals surface area contributed by atoms with Crippen molar-refractivity contribution in [1.82, 2.24) is 0 Å². The van der Waals surface area contributed by atoms with Crippen molar-refractivity contribution in [2.24, 2.45) is 0 Å². The van der Waals surface area contributed by atoms with Crippen LogP contribution in [0.3, 0.4) is 0 Å². The zero-order valence-corrected chi connectivity index (χ0v) is 8.12. The Kier molecular flexibility index (Phi) is 7.23. The van der Waals surface area contributed by atoms with E-state index in [4.69, 9.17) is 34.8 Å². The Bertz CT molecular complexity index is 116. The van der Waals surface area contributed by atoms with Gasteiger partial charge >= 0.3 is 5.97 Å². The van der Waals surface area contributed by atoms with Crippen LogP contribution in [0.5, 0.6) is 0 Å². The number of carbonyl (C=O) groups is 1. The number of rotatable bonds is 5. The van der Waals surface area contributed by atoms with E-state index >= 15 is 0 Å². The highest BCUT2D eigenvalue weighted by molar-refractivity contribution is 6.52. The number of esters is 1. The van der Waals surface area contributed by atoms with Crippen LogP contribution >= 0.6 is 34.8 Å². The van der Waals surface area contributed by atoms with E-state index in [-0.39, 0.29) is 0 Å². The average Bonchev–Trinajstić information content (AvgIpc) is 1.97. The molecule has 5 heteroatoms. The standard InChI is InChI=1S/C6H9Cl3O2/c7-3-1-2-4-11-6(10)5(8)9/h5H,1-4H2. The molecule has 0 rings (SSSR count). The number of ether oxygens (including phenoxy) is 1. The lowest BCUT2D eigenvalue weighted by Crippen LogP contribution is -2.13. The van der Waals surface area contributed by atoms with E-state index in [0.717, 1.165) is 12.8 Å². The molecular formula is C6H9Cl3O2. The smallest absolute Gasteiger partial charge is 0.339 e. The highest BCUT2D eigenvalue weighted by Gasteiger charge is 2.11. The van der Waals surface area contributed by atoms with Gasteiger partial charge in [-0.2, -0.15) is 0 Å². The third-order valence-electron chi connectivity index (χ3n) is 0.950. The number of halogens is 3. The minimum atomic E-state index is -1.08. The number of hydrogen-bond donors (Lipinski definition) is 0. The molecule has 66 valence electrons. The van der Waals surface area contributed by atoms with Gasteiger partial charge in [0.15, 0.2) is 0 Å². The average molecular weight is 219 g/mol. The summed E-state index contributed by atoms with van der Waals surface area (Å²) in [5.41, 5.74) is 0. The number of alkyl halides is 3. The van der Waals surface area contributed by atoms with Crippen LogP contribution in [-0.2, 0) is 9.53 Å². The fraction of sp³-hybridized carbons (Fsp3) is 0.833. The van der Waals surface area contributed by atoms with Crippen LogP contribution < -0.4 is 0 Å². The number of unbranched alkanes of at least 4 members (excludes halogenated alkanes) is 1. The molecule has 0 saturated heterocycles. The summed E-state index contributed by atoms with van der Waals surface area (Å²) in [5.74, 6) is -0.0224. The maximum atomic E-state index is 10.6. The van der Waals surface area contributed by atoms with Gasteiger partial charge in [0.05, 0.1) is 6.61 Å². The Balaban J connectivity index is 3.18. The van der Waals surface area contributed by atoms with Gasteiger partial charge in [0.2, 0.25) is 4.84 Å². The molecule has 0 unspecified atom stereocenters. The zero-order chi connectivity index (χ0) is 8.69. The van der Waals surface area contributed by atoms with Crippen molar-refractivity contribution in [1.29, 1.82) is 0 Å². The predicted octanol–water partition coefficient (Wildman–Crippen LogP) is 2.35. The predicted molar refractivity (Wildman–Crippen MR) is 46.4 cm³/mol. The Morgan fingerprint density at radius 1 is 1.36 bits per heavy atom. The molecule has 0 N–H and O–H groups in total. The van der Waals surface area contributed by atoms with Crippen LogP contribution in [0.25, 0.3) is 0 Å². The fourth-order valence-electron chi connectivity index (χ4n) is 0.432. The van der Waals surface area contributed by atoms with Gasteiger partial charge in [0.1, 0.15) is 0 Å². The second-order valence-electron chi connectivity index (χ2n) is 1.86. The molecule has 0 aromatic heterocycles. The second-order valence-corrected chi connectivity index (χ2v) is 3.34. The summed E-state index contributed by atoms with van der Waals surface area (Å²) in [4.78, 5) is 9.51. The lowest BCUT2D eigenvalue weighted by atomic mass is 10.4. The molecular weight excluding hydrogens is 210 g/mol. The Morgan fingerprint density at radius 3 is 2.45 bits per heavy atom. The summed E-state index contributed by atoms with van der Waals surface area (Å²) in [5, 5.41) is 0. The first-order valence-corrected chi connectivity index (χ1v) is 4.60. The first-order valence-electron chi connectivity index (χ1n) is 3.19. The summed E-state index contributed by atoms with van der Waals surface area (Å²) in [6, 6.07) is 0. The van der Waals surface area contributed by atoms with Crippen molar-refractivity contribution in [3.63, 3.8) is 0 Å². The van der Waals surface area contributed by atoms with Crippen molar-refractivity contribution in [2.75, 3.05) is 12.5 Å². The molecule has 0 fully saturated rings. The van der Waals surface area contributed by atoms with Crippen molar-refractivity contribution >= 4 is 40.8 Å². The Hall–Kier alpha value is 0.340. The van der Waals surface area contributed by atoms with Crippen LogP contribution in [0.4, 0.5) is 0 Å². The molecule has 2 nitrogen and oxygen atoms in total. The maximum Gasteiger partial charge on any atom is 0.339 e. The minimum absolute atomic E-state index is 0.335. The lowest BCUT2D eigenvalue weighted by Gasteiger charge is -2.02. The third kappa shape index (κ3) is 6.73. The zero-order valence-electron chi connectivity index (χ0n) is 5.86. The monoisotopic (exact) mass is 218 g/mol. The first kappa shape index (κ1) is 11.3. The maximum absolute atomic E-state index is 10.6. The normalized spacial score (nSPS) is 10.2. The van der Waals surface area contributed by atoms with Crippen molar-refractivity contribution < 1.29 is 9.53 Å². The second kappa shape index (κ2) is 7.01. The molecule has 0 aromatic rings. The third-order valence-corrected chi connectivity index (χ3v) is 1.57. The molecule has 11 heavy (non-hydrogen) atoms. The SMILES string of the molecule is O=C(OCCCCCl)C(Cl)Cl. The number of carbonyl (C=O) groups excluding carboxylic acids is 1. The van der Waals surface area contributed by atoms with Gasteiger partial charge in [-0.15, -0.1) is 11.6 Å². The van der Waals surface area contributed by atoms with E-state index in [9.17, 15) is 4.79 Å². The summed E-state index contributed by atoms with van der Waals surface area (Å²) < 4.78 is 4.64. The van der Waals surface area contributed by atoms with Crippen molar-refractivity contribution in [2.45, 2.75) is 17.7 Å². The van der Waals surface area contributed by atoms with E-state index < -0.39 is 10.8 Å². The first-order chi connectivity index (χ1) is 5.18. The van der Waals surface area contributed by atoms with Gasteiger partial charge in [-0.1, -0.05) is 23.2 Å². The fourth-order valence-corrected chi connectivity index (χ4v) is 0.747. The topological polar surface area (TPSA) is 26.3 Å². The highest BCUT2D eigenvalue weighted by atomic mass is 35.5. The van der Waals surface area contributed by atoms with Crippen LogP contribution in [-0.4, -0.2) is 23.3 Å². The van der Waals surface area contributed by atoms with Crippen LogP contribution in [0.2, 0.25) is 0 Å². The molecule has 0 heterocycles. The molecule has 0 bridgehead atoms. The van der Waals surface area contributed by atoms with E-state index in [1.807, 2.05) is 0 Å². The molecule has 0 atom stereocenters. The molecule has 0 aliphatic rings. The largest absolute Gasteiger partial charge is 0.464 e. The molecule has 0 spiro atoms. The molecule has 0 aliphatic heterocycles. The summed E-state index contributed by atoms with van der Waals surface area (Å²) in [6.45, 7) is 0.335. The minimum Gasteiger partial charge on any atom is -0.464 e. The van der Waals surface area contributed by atoms with Crippen molar-refractivity contribution in [3.05, 3.63) is 0 Å². The Labute approximate surface area is 80.7 Å². The molecule has 0 saturated carbocycles. The van der Waals surface area contributed by atoms with E-state index in [1.165, 1.54) is 0 Å². The molecule has 0 aromatic carbocycles. The van der Waals surface area contributed by atoms with Crippen LogP contribution in [0.1, 0.15) is 12.8 Å². The quantitative estimate of drug-likeness (QED) is 0.403. The molecule has 0 aliphatic carbocycles. The van der Waals surface area contributed by atoms with Crippen LogP contribution in [0.15, 0.2) is 0 Å². The highest BCUT2D eigenvalue weighted by Crippen LogP contribution is 2.04. The summed E-state index contributed by atoms with van der Waals surface area (Å²) >= 11 is 15.8. The van der Waals surface area contributed by atoms with Crippen LogP contribution in [0, 0.1) is 0 Å². The van der Waals surface area contributed by atoms with Crippen molar-refractivity contribution in [3.8, 4) is 0 Å². The molecule has 0 radical (unpaired) electrons.